The fraction of sp³-hybridized carbons (Fsp3) is 0.545. The first-order valence-corrected chi connectivity index (χ1v) is 23.0. The molecule has 3 aliphatic rings. The lowest BCUT2D eigenvalue weighted by molar-refractivity contribution is -0.0208. The average molecular weight is 869 g/mol. The number of alkyl halides is 3. The zero-order valence-corrected chi connectivity index (χ0v) is 36.6. The van der Waals surface area contributed by atoms with Gasteiger partial charge in [0.2, 0.25) is 0 Å². The van der Waals surface area contributed by atoms with Gasteiger partial charge in [-0.25, -0.2) is 26.7 Å². The number of ether oxygens (including phenoxy) is 3. The normalized spacial score (nSPS) is 21.7. The molecular formula is C44H53F5N6O5Si. The Labute approximate surface area is 353 Å². The Kier molecular flexibility index (Phi) is 12.5. The standard InChI is InChI=1S/C44H53F5N6O5Si/c1-25(2)61(26(3)4,27(5)6)14-11-32-35(46)10-9-28-15-31(60-24-58-7)16-33(36(28)32)38-37(47)39-34(19-50-38)40(54-21-30(51-42(56)57)18-44(48,49)22-54)53-41(52-39)59-23-43-12-8-13-55(43)20-29(45)17-43/h9-10,15-16,19,25-27,29-30,51H,8,12-13,17-18,20-24H2,1-7H3,(H,56,57)/t29-,30?,43+/m1/s1. The second kappa shape index (κ2) is 17.2. The molecule has 3 fully saturated rings. The predicted octanol–water partition coefficient (Wildman–Crippen LogP) is 9.11. The van der Waals surface area contributed by atoms with E-state index in [2.05, 4.69) is 73.3 Å². The Hall–Kier alpha value is -4.79. The van der Waals surface area contributed by atoms with Gasteiger partial charge in [0.05, 0.1) is 29.1 Å². The molecule has 2 aromatic heterocycles. The van der Waals surface area contributed by atoms with Gasteiger partial charge >= 0.3 is 12.1 Å². The van der Waals surface area contributed by atoms with Crippen molar-refractivity contribution >= 4 is 41.7 Å². The Morgan fingerprint density at radius 1 is 1.05 bits per heavy atom. The fourth-order valence-electron chi connectivity index (χ4n) is 10.2. The number of anilines is 1. The maximum atomic E-state index is 17.6. The van der Waals surface area contributed by atoms with Gasteiger partial charge in [0.1, 0.15) is 49.4 Å². The Morgan fingerprint density at radius 3 is 2.48 bits per heavy atom. The molecule has 3 saturated heterocycles. The second-order valence-corrected chi connectivity index (χ2v) is 23.2. The summed E-state index contributed by atoms with van der Waals surface area (Å²) in [5.74, 6) is -1.58. The number of aromatic nitrogens is 3. The molecule has 61 heavy (non-hydrogen) atoms. The van der Waals surface area contributed by atoms with E-state index < -0.39 is 62.4 Å². The summed E-state index contributed by atoms with van der Waals surface area (Å²) in [6.45, 7) is 12.6. The molecule has 0 saturated carbocycles. The maximum absolute atomic E-state index is 17.6. The lowest BCUT2D eigenvalue weighted by atomic mass is 9.95. The number of pyridine rings is 1. The molecule has 1 amide bonds. The molecule has 11 nitrogen and oxygen atoms in total. The van der Waals surface area contributed by atoms with Gasteiger partial charge in [-0.3, -0.25) is 9.88 Å². The van der Waals surface area contributed by atoms with Gasteiger partial charge in [0.15, 0.2) is 12.6 Å². The number of hydrogen-bond donors (Lipinski definition) is 2. The van der Waals surface area contributed by atoms with Crippen LogP contribution in [-0.2, 0) is 4.74 Å². The topological polar surface area (TPSA) is 122 Å². The van der Waals surface area contributed by atoms with Gasteiger partial charge in [0, 0.05) is 50.2 Å². The average Bonchev–Trinajstić information content (AvgIpc) is 3.71. The number of halogens is 5. The van der Waals surface area contributed by atoms with Crippen LogP contribution in [0.3, 0.4) is 0 Å². The van der Waals surface area contributed by atoms with E-state index in [4.69, 9.17) is 14.2 Å². The predicted molar refractivity (Wildman–Crippen MR) is 226 cm³/mol. The highest BCUT2D eigenvalue weighted by molar-refractivity contribution is 6.90. The van der Waals surface area contributed by atoms with Crippen LogP contribution in [0.25, 0.3) is 32.9 Å². The highest BCUT2D eigenvalue weighted by atomic mass is 28.3. The monoisotopic (exact) mass is 868 g/mol. The number of fused-ring (bicyclic) bond motifs is 3. The summed E-state index contributed by atoms with van der Waals surface area (Å²) >= 11 is 0. The molecule has 328 valence electrons. The number of carboxylic acid groups (broad SMARTS) is 1. The van der Waals surface area contributed by atoms with Crippen molar-refractivity contribution in [2.24, 2.45) is 0 Å². The Balaban J connectivity index is 1.44. The number of hydrogen-bond acceptors (Lipinski definition) is 9. The van der Waals surface area contributed by atoms with Crippen LogP contribution in [0.2, 0.25) is 16.6 Å². The van der Waals surface area contributed by atoms with Crippen LogP contribution in [0.1, 0.15) is 72.8 Å². The summed E-state index contributed by atoms with van der Waals surface area (Å²) in [7, 11) is -0.936. The molecule has 2 aromatic carbocycles. The number of nitrogens with one attached hydrogen (secondary N) is 1. The van der Waals surface area contributed by atoms with Gasteiger partial charge in [-0.1, -0.05) is 53.5 Å². The summed E-state index contributed by atoms with van der Waals surface area (Å²) in [5, 5.41) is 12.3. The molecule has 3 atom stereocenters. The molecule has 0 aliphatic carbocycles. The highest BCUT2D eigenvalue weighted by Gasteiger charge is 2.50. The summed E-state index contributed by atoms with van der Waals surface area (Å²) in [6, 6.07) is 4.54. The van der Waals surface area contributed by atoms with Gasteiger partial charge in [-0.05, 0) is 59.6 Å². The molecule has 0 spiro atoms. The molecule has 17 heteroatoms. The number of rotatable bonds is 12. The van der Waals surface area contributed by atoms with E-state index in [0.29, 0.717) is 18.4 Å². The fourth-order valence-corrected chi connectivity index (χ4v) is 15.4. The van der Waals surface area contributed by atoms with Gasteiger partial charge < -0.3 is 29.5 Å². The minimum absolute atomic E-state index is 0.0317. The lowest BCUT2D eigenvalue weighted by Crippen LogP contribution is -2.55. The molecule has 0 radical (unpaired) electrons. The van der Waals surface area contributed by atoms with Crippen molar-refractivity contribution in [2.45, 2.75) is 108 Å². The minimum atomic E-state index is -3.36. The first kappa shape index (κ1) is 44.3. The van der Waals surface area contributed by atoms with E-state index in [1.54, 1.807) is 12.1 Å². The van der Waals surface area contributed by atoms with E-state index in [-0.39, 0.29) is 100 Å². The van der Waals surface area contributed by atoms with E-state index in [1.807, 2.05) is 4.90 Å². The number of methoxy groups -OCH3 is 1. The van der Waals surface area contributed by atoms with Crippen molar-refractivity contribution in [1.82, 2.24) is 25.2 Å². The van der Waals surface area contributed by atoms with Crippen LogP contribution >= 0.6 is 0 Å². The molecule has 2 N–H and O–H groups in total. The van der Waals surface area contributed by atoms with Crippen LogP contribution in [-0.4, -0.2) is 109 Å². The van der Waals surface area contributed by atoms with Gasteiger partial charge in [-0.15, -0.1) is 5.54 Å². The highest BCUT2D eigenvalue weighted by Crippen LogP contribution is 2.44. The summed E-state index contributed by atoms with van der Waals surface area (Å²) in [5.41, 5.74) is 3.30. The van der Waals surface area contributed by atoms with E-state index in [9.17, 15) is 14.3 Å². The van der Waals surface area contributed by atoms with Crippen LogP contribution in [0.5, 0.6) is 11.8 Å². The van der Waals surface area contributed by atoms with Crippen molar-refractivity contribution in [3.63, 3.8) is 0 Å². The zero-order chi connectivity index (χ0) is 44.0. The van der Waals surface area contributed by atoms with Crippen molar-refractivity contribution < 1.29 is 46.1 Å². The van der Waals surface area contributed by atoms with Crippen LogP contribution in [0.4, 0.5) is 32.6 Å². The molecule has 5 heterocycles. The summed E-state index contributed by atoms with van der Waals surface area (Å²) < 4.78 is 96.3. The maximum Gasteiger partial charge on any atom is 0.404 e. The number of carbonyl (C=O) groups is 1. The SMILES string of the molecule is COCOc1cc(-c2ncc3c(N4CC(NC(=O)O)CC(F)(F)C4)nc(OC[C@@]45CCCN4C[C@H](F)C5)nc3c2F)c2c(C#C[Si](C(C)C)(C(C)C)C(C)C)c(F)ccc2c1. The third-order valence-electron chi connectivity index (χ3n) is 12.8. The Morgan fingerprint density at radius 2 is 1.79 bits per heavy atom. The van der Waals surface area contributed by atoms with Gasteiger partial charge in [-0.2, -0.15) is 9.97 Å². The second-order valence-electron chi connectivity index (χ2n) is 17.7. The first-order chi connectivity index (χ1) is 28.9. The number of nitrogens with zero attached hydrogens (tertiary/aromatic N) is 5. The smallest absolute Gasteiger partial charge is 0.404 e. The molecule has 4 aromatic rings. The van der Waals surface area contributed by atoms with Crippen LogP contribution in [0.15, 0.2) is 30.5 Å². The van der Waals surface area contributed by atoms with Crippen molar-refractivity contribution in [3.8, 4) is 34.5 Å². The van der Waals surface area contributed by atoms with E-state index in [0.717, 1.165) is 6.42 Å². The summed E-state index contributed by atoms with van der Waals surface area (Å²) in [4.78, 5) is 28.3. The quantitative estimate of drug-likeness (QED) is 0.0618. The van der Waals surface area contributed by atoms with E-state index >= 15 is 17.6 Å². The van der Waals surface area contributed by atoms with Crippen molar-refractivity contribution in [3.05, 3.63) is 47.7 Å². The van der Waals surface area contributed by atoms with E-state index in [1.165, 1.54) is 30.3 Å². The third-order valence-corrected chi connectivity index (χ3v) is 19.1. The van der Waals surface area contributed by atoms with Gasteiger partial charge in [0.25, 0.3) is 5.92 Å². The largest absolute Gasteiger partial charge is 0.468 e. The minimum Gasteiger partial charge on any atom is -0.468 e. The first-order valence-electron chi connectivity index (χ1n) is 20.8. The molecular weight excluding hydrogens is 816 g/mol. The molecule has 0 bridgehead atoms. The Bertz CT molecular complexity index is 2350. The van der Waals surface area contributed by atoms with Crippen molar-refractivity contribution in [1.29, 1.82) is 0 Å². The molecule has 3 aliphatic heterocycles. The number of piperidine rings is 1. The third kappa shape index (κ3) is 8.55. The van der Waals surface area contributed by atoms with Crippen molar-refractivity contribution in [2.75, 3.05) is 51.6 Å². The summed E-state index contributed by atoms with van der Waals surface area (Å²) in [6.07, 6.45) is -0.328. The molecule has 7 rings (SSSR count). The lowest BCUT2D eigenvalue weighted by Gasteiger charge is -2.38. The number of benzene rings is 2. The molecule has 1 unspecified atom stereocenters. The van der Waals surface area contributed by atoms with Crippen LogP contribution in [0, 0.1) is 23.1 Å². The number of amides is 1. The zero-order valence-electron chi connectivity index (χ0n) is 35.6. The van der Waals surface area contributed by atoms with Crippen LogP contribution < -0.4 is 19.7 Å².